The van der Waals surface area contributed by atoms with Crippen molar-refractivity contribution < 1.29 is 9.66 Å². The molecule has 0 fully saturated rings. The maximum atomic E-state index is 10.9. The Morgan fingerprint density at radius 1 is 1.11 bits per heavy atom. The summed E-state index contributed by atoms with van der Waals surface area (Å²) in [4.78, 5) is 18.1. The molecule has 0 spiro atoms. The average Bonchev–Trinajstić information content (AvgIpc) is 3.15. The van der Waals surface area contributed by atoms with Gasteiger partial charge < -0.3 is 9.72 Å². The number of nitrogens with zero attached hydrogens (tertiary/aromatic N) is 3. The van der Waals surface area contributed by atoms with Gasteiger partial charge in [-0.25, -0.2) is 4.98 Å². The van der Waals surface area contributed by atoms with Crippen LogP contribution in [0.5, 0.6) is 5.75 Å². The molecule has 0 aliphatic carbocycles. The summed E-state index contributed by atoms with van der Waals surface area (Å²) >= 11 is 5.34. The van der Waals surface area contributed by atoms with Crippen LogP contribution in [0.2, 0.25) is 0 Å². The molecule has 0 saturated heterocycles. The van der Waals surface area contributed by atoms with E-state index in [0.717, 1.165) is 33.8 Å². The average molecular weight is 378 g/mol. The van der Waals surface area contributed by atoms with Crippen LogP contribution in [0, 0.1) is 14.9 Å². The maximum Gasteiger partial charge on any atom is 0.269 e. The highest BCUT2D eigenvalue weighted by Gasteiger charge is 2.12. The third-order valence-corrected chi connectivity index (χ3v) is 4.61. The number of aromatic amines is 1. The van der Waals surface area contributed by atoms with E-state index in [1.54, 1.807) is 29.8 Å². The fraction of sp³-hybridized carbons (Fsp3) is 0.0526. The molecule has 8 heteroatoms. The molecule has 1 N–H and O–H groups in total. The summed E-state index contributed by atoms with van der Waals surface area (Å²) in [7, 11) is 1.62. The van der Waals surface area contributed by atoms with Gasteiger partial charge in [-0.15, -0.1) is 0 Å². The van der Waals surface area contributed by atoms with Gasteiger partial charge in [-0.2, -0.15) is 0 Å². The minimum absolute atomic E-state index is 0.0425. The smallest absolute Gasteiger partial charge is 0.269 e. The van der Waals surface area contributed by atoms with E-state index in [9.17, 15) is 10.1 Å². The Labute approximate surface area is 159 Å². The van der Waals surface area contributed by atoms with E-state index >= 15 is 0 Å². The number of methoxy groups -OCH3 is 1. The van der Waals surface area contributed by atoms with Crippen LogP contribution >= 0.6 is 12.2 Å². The lowest BCUT2D eigenvalue weighted by atomic mass is 10.1. The van der Waals surface area contributed by atoms with E-state index < -0.39 is 4.92 Å². The van der Waals surface area contributed by atoms with Crippen molar-refractivity contribution in [3.05, 3.63) is 75.8 Å². The van der Waals surface area contributed by atoms with Crippen molar-refractivity contribution in [2.45, 2.75) is 0 Å². The second-order valence-corrected chi connectivity index (χ2v) is 6.24. The molecule has 2 heterocycles. The fourth-order valence-electron chi connectivity index (χ4n) is 2.90. The van der Waals surface area contributed by atoms with Crippen molar-refractivity contribution >= 4 is 23.6 Å². The minimum atomic E-state index is -0.421. The van der Waals surface area contributed by atoms with Crippen LogP contribution in [0.3, 0.4) is 0 Å². The van der Waals surface area contributed by atoms with Gasteiger partial charge in [0.2, 0.25) is 4.77 Å². The molecular formula is C19H14N4O3S. The second kappa shape index (κ2) is 6.65. The largest absolute Gasteiger partial charge is 0.497 e. The number of imidazole rings is 1. The molecule has 4 rings (SSSR count). The fourth-order valence-corrected chi connectivity index (χ4v) is 3.09. The maximum absolute atomic E-state index is 10.9. The number of aromatic nitrogens is 3. The molecule has 0 radical (unpaired) electrons. The Bertz CT molecular complexity index is 1190. The Hall–Kier alpha value is -3.52. The number of H-pyrrole nitrogens is 1. The molecule has 0 aliphatic heterocycles. The molecule has 2 aromatic carbocycles. The normalized spacial score (nSPS) is 10.9. The molecule has 27 heavy (non-hydrogen) atoms. The molecule has 0 unspecified atom stereocenters. The number of hydrogen-bond acceptors (Lipinski definition) is 5. The highest BCUT2D eigenvalue weighted by molar-refractivity contribution is 7.71. The SMILES string of the molecule is COc1ccc(-c2cn3c(=S)ncc(-c4ccc([N+](=O)[O-])cc4)c3[nH]2)cc1. The van der Waals surface area contributed by atoms with Gasteiger partial charge in [0.15, 0.2) is 0 Å². The van der Waals surface area contributed by atoms with Gasteiger partial charge in [0.25, 0.3) is 5.69 Å². The topological polar surface area (TPSA) is 85.5 Å². The number of non-ortho nitro benzene ring substituents is 1. The Morgan fingerprint density at radius 3 is 2.41 bits per heavy atom. The summed E-state index contributed by atoms with van der Waals surface area (Å²) < 4.78 is 7.42. The molecule has 134 valence electrons. The number of nitrogens with one attached hydrogen (secondary N) is 1. The van der Waals surface area contributed by atoms with Gasteiger partial charge in [-0.05, 0) is 59.7 Å². The molecule has 4 aromatic rings. The third kappa shape index (κ3) is 3.06. The predicted molar refractivity (Wildman–Crippen MR) is 104 cm³/mol. The lowest BCUT2D eigenvalue weighted by Crippen LogP contribution is -1.93. The van der Waals surface area contributed by atoms with Crippen LogP contribution in [-0.2, 0) is 0 Å². The van der Waals surface area contributed by atoms with Gasteiger partial charge in [0, 0.05) is 30.1 Å². The van der Waals surface area contributed by atoms with Gasteiger partial charge >= 0.3 is 0 Å². The number of rotatable bonds is 4. The predicted octanol–water partition coefficient (Wildman–Crippen LogP) is 4.64. The van der Waals surface area contributed by atoms with E-state index in [-0.39, 0.29) is 5.69 Å². The van der Waals surface area contributed by atoms with Gasteiger partial charge in [-0.3, -0.25) is 14.5 Å². The minimum Gasteiger partial charge on any atom is -0.497 e. The number of fused-ring (bicyclic) bond motifs is 1. The lowest BCUT2D eigenvalue weighted by molar-refractivity contribution is -0.384. The van der Waals surface area contributed by atoms with Crippen molar-refractivity contribution in [2.75, 3.05) is 7.11 Å². The highest BCUT2D eigenvalue weighted by Crippen LogP contribution is 2.28. The summed E-state index contributed by atoms with van der Waals surface area (Å²) in [5.41, 5.74) is 4.28. The van der Waals surface area contributed by atoms with Crippen molar-refractivity contribution in [3.63, 3.8) is 0 Å². The Balaban J connectivity index is 1.85. The van der Waals surface area contributed by atoms with Crippen molar-refractivity contribution in [1.82, 2.24) is 14.4 Å². The summed E-state index contributed by atoms with van der Waals surface area (Å²) in [6, 6.07) is 14.0. The number of nitro groups is 1. The first-order valence-corrected chi connectivity index (χ1v) is 8.47. The zero-order valence-electron chi connectivity index (χ0n) is 14.2. The zero-order valence-corrected chi connectivity index (χ0v) is 15.1. The third-order valence-electron chi connectivity index (χ3n) is 4.31. The van der Waals surface area contributed by atoms with Crippen LogP contribution in [0.15, 0.2) is 60.9 Å². The number of hydrogen-bond donors (Lipinski definition) is 1. The van der Waals surface area contributed by atoms with Gasteiger partial charge in [0.05, 0.1) is 17.7 Å². The summed E-state index contributed by atoms with van der Waals surface area (Å²) in [5, 5.41) is 10.9. The summed E-state index contributed by atoms with van der Waals surface area (Å²) in [6.07, 6.45) is 3.56. The van der Waals surface area contributed by atoms with Crippen LogP contribution in [0.1, 0.15) is 0 Å². The van der Waals surface area contributed by atoms with E-state index in [2.05, 4.69) is 9.97 Å². The summed E-state index contributed by atoms with van der Waals surface area (Å²) in [5.74, 6) is 0.778. The quantitative estimate of drug-likeness (QED) is 0.318. The Morgan fingerprint density at radius 2 is 1.78 bits per heavy atom. The molecule has 0 atom stereocenters. The van der Waals surface area contributed by atoms with Crippen molar-refractivity contribution in [2.24, 2.45) is 0 Å². The number of ether oxygens (including phenoxy) is 1. The standard InChI is InChI=1S/C19H14N4O3S/c1-26-15-8-4-13(5-9-15)17-11-22-18(21-17)16(10-20-19(22)27)12-2-6-14(7-3-12)23(24)25/h2-11,21H,1H3. The van der Waals surface area contributed by atoms with E-state index in [1.807, 2.05) is 30.5 Å². The van der Waals surface area contributed by atoms with E-state index in [4.69, 9.17) is 17.0 Å². The van der Waals surface area contributed by atoms with E-state index in [1.165, 1.54) is 12.1 Å². The van der Waals surface area contributed by atoms with Crippen molar-refractivity contribution in [1.29, 1.82) is 0 Å². The molecule has 0 bridgehead atoms. The van der Waals surface area contributed by atoms with Crippen LogP contribution in [0.25, 0.3) is 28.0 Å². The van der Waals surface area contributed by atoms with Gasteiger partial charge in [0.1, 0.15) is 11.4 Å². The summed E-state index contributed by atoms with van der Waals surface area (Å²) in [6.45, 7) is 0. The number of nitro benzene ring substituents is 1. The molecule has 7 nitrogen and oxygen atoms in total. The van der Waals surface area contributed by atoms with E-state index in [0.29, 0.717) is 4.77 Å². The van der Waals surface area contributed by atoms with Crippen LogP contribution in [-0.4, -0.2) is 26.4 Å². The zero-order chi connectivity index (χ0) is 19.0. The van der Waals surface area contributed by atoms with Crippen molar-refractivity contribution in [3.8, 4) is 28.1 Å². The molecular weight excluding hydrogens is 364 g/mol. The van der Waals surface area contributed by atoms with Gasteiger partial charge in [-0.1, -0.05) is 0 Å². The highest BCUT2D eigenvalue weighted by atomic mass is 32.1. The molecule has 0 amide bonds. The lowest BCUT2D eigenvalue weighted by Gasteiger charge is -2.04. The first kappa shape index (κ1) is 16.9. The Kier molecular flexibility index (Phi) is 4.17. The van der Waals surface area contributed by atoms with Crippen LogP contribution in [0.4, 0.5) is 5.69 Å². The molecule has 2 aromatic heterocycles. The monoisotopic (exact) mass is 378 g/mol. The molecule has 0 saturated carbocycles. The second-order valence-electron chi connectivity index (χ2n) is 5.87. The van der Waals surface area contributed by atoms with Crippen LogP contribution < -0.4 is 4.74 Å². The first-order valence-electron chi connectivity index (χ1n) is 8.06. The molecule has 0 aliphatic rings. The first-order chi connectivity index (χ1) is 13.1. The number of benzene rings is 2.